The fourth-order valence-electron chi connectivity index (χ4n) is 3.66. The van der Waals surface area contributed by atoms with E-state index in [1.807, 2.05) is 0 Å². The molecular formula is C26H31N5O4. The molecule has 3 rings (SSSR count). The summed E-state index contributed by atoms with van der Waals surface area (Å²) in [5, 5.41) is 10.0. The van der Waals surface area contributed by atoms with E-state index in [2.05, 4.69) is 10.3 Å². The molecule has 0 radical (unpaired) electrons. The second-order valence-corrected chi connectivity index (χ2v) is 8.47. The van der Waals surface area contributed by atoms with E-state index in [0.29, 0.717) is 65.5 Å². The van der Waals surface area contributed by atoms with Gasteiger partial charge in [-0.3, -0.25) is 14.6 Å². The third-order valence-electron chi connectivity index (χ3n) is 5.86. The number of nitrogens with two attached hydrogens (primary N) is 1. The standard InChI is InChI=1S/C26H31N5O4/c1-17(32)31(16-18-5-6-18)24-10-8-20(12-22(24)26(34)35-2)23-9-7-21(15-30-23)25(33)29-11-3-4-19(13-27)14-28/h7-10,12-15,18,27H,3-6,11,16,28H2,1-2H3,(H,29,33)/b19-14-,27-13?. The van der Waals surface area contributed by atoms with Gasteiger partial charge in [0.05, 0.1) is 29.6 Å². The van der Waals surface area contributed by atoms with E-state index in [1.165, 1.54) is 32.6 Å². The molecule has 2 aromatic rings. The van der Waals surface area contributed by atoms with Crippen LogP contribution in [-0.2, 0) is 9.53 Å². The summed E-state index contributed by atoms with van der Waals surface area (Å²) in [5.74, 6) is -0.452. The Labute approximate surface area is 204 Å². The molecule has 4 N–H and O–H groups in total. The number of allylic oxidation sites excluding steroid dienone is 1. The number of amides is 2. The maximum absolute atomic E-state index is 12.5. The summed E-state index contributed by atoms with van der Waals surface area (Å²) >= 11 is 0. The Bertz CT molecular complexity index is 1120. The molecule has 1 aliphatic carbocycles. The van der Waals surface area contributed by atoms with Gasteiger partial charge in [0, 0.05) is 38.0 Å². The van der Waals surface area contributed by atoms with Gasteiger partial charge in [-0.25, -0.2) is 4.79 Å². The van der Waals surface area contributed by atoms with Crippen molar-refractivity contribution in [1.82, 2.24) is 10.3 Å². The average molecular weight is 478 g/mol. The number of anilines is 1. The Hall–Kier alpha value is -4.01. The summed E-state index contributed by atoms with van der Waals surface area (Å²) in [6.45, 7) is 2.51. The predicted molar refractivity (Wildman–Crippen MR) is 134 cm³/mol. The maximum Gasteiger partial charge on any atom is 0.340 e. The van der Waals surface area contributed by atoms with Crippen LogP contribution in [0.1, 0.15) is 53.3 Å². The summed E-state index contributed by atoms with van der Waals surface area (Å²) in [6, 6.07) is 8.59. The second kappa shape index (κ2) is 11.9. The molecule has 1 saturated carbocycles. The van der Waals surface area contributed by atoms with Crippen molar-refractivity contribution in [3.63, 3.8) is 0 Å². The topological polar surface area (TPSA) is 138 Å². The van der Waals surface area contributed by atoms with Crippen LogP contribution < -0.4 is 16.0 Å². The number of hydrogen-bond donors (Lipinski definition) is 3. The van der Waals surface area contributed by atoms with Gasteiger partial charge in [-0.05, 0) is 67.6 Å². The SMILES string of the molecule is COC(=O)c1cc(-c2ccc(C(=O)NCCC/C(C=N)=C/N)cn2)ccc1N(CC1CC1)C(C)=O. The second-order valence-electron chi connectivity index (χ2n) is 8.47. The Balaban J connectivity index is 1.74. The van der Waals surface area contributed by atoms with Gasteiger partial charge in [0.15, 0.2) is 0 Å². The molecule has 0 atom stereocenters. The van der Waals surface area contributed by atoms with E-state index >= 15 is 0 Å². The lowest BCUT2D eigenvalue weighted by atomic mass is 10.0. The van der Waals surface area contributed by atoms with Gasteiger partial charge in [-0.2, -0.15) is 0 Å². The van der Waals surface area contributed by atoms with Crippen LogP contribution in [0.4, 0.5) is 5.69 Å². The summed E-state index contributed by atoms with van der Waals surface area (Å²) in [7, 11) is 1.31. The van der Waals surface area contributed by atoms with Gasteiger partial charge < -0.3 is 26.1 Å². The van der Waals surface area contributed by atoms with E-state index in [0.717, 1.165) is 12.8 Å². The van der Waals surface area contributed by atoms with Gasteiger partial charge in [0.2, 0.25) is 5.91 Å². The van der Waals surface area contributed by atoms with Gasteiger partial charge in [0.1, 0.15) is 0 Å². The highest BCUT2D eigenvalue weighted by Gasteiger charge is 2.29. The minimum atomic E-state index is -0.532. The van der Waals surface area contributed by atoms with Crippen LogP contribution in [-0.4, -0.2) is 49.2 Å². The van der Waals surface area contributed by atoms with Crippen molar-refractivity contribution < 1.29 is 19.1 Å². The molecular weight excluding hydrogens is 446 g/mol. The van der Waals surface area contributed by atoms with Crippen LogP contribution in [0.5, 0.6) is 0 Å². The van der Waals surface area contributed by atoms with Crippen LogP contribution in [0.2, 0.25) is 0 Å². The first kappa shape index (κ1) is 25.6. The number of aromatic nitrogens is 1. The molecule has 0 unspecified atom stereocenters. The van der Waals surface area contributed by atoms with E-state index in [4.69, 9.17) is 15.9 Å². The zero-order chi connectivity index (χ0) is 25.4. The van der Waals surface area contributed by atoms with Crippen molar-refractivity contribution >= 4 is 29.7 Å². The summed E-state index contributed by atoms with van der Waals surface area (Å²) in [5.41, 5.74) is 8.60. The average Bonchev–Trinajstić information content (AvgIpc) is 3.71. The first-order valence-electron chi connectivity index (χ1n) is 11.5. The van der Waals surface area contributed by atoms with Crippen LogP contribution in [0, 0.1) is 11.3 Å². The van der Waals surface area contributed by atoms with Crippen LogP contribution in [0.3, 0.4) is 0 Å². The number of hydrogen-bond acceptors (Lipinski definition) is 7. The van der Waals surface area contributed by atoms with Crippen molar-refractivity contribution in [2.24, 2.45) is 11.7 Å². The van der Waals surface area contributed by atoms with Crippen molar-refractivity contribution in [3.8, 4) is 11.3 Å². The van der Waals surface area contributed by atoms with Gasteiger partial charge >= 0.3 is 5.97 Å². The fraction of sp³-hybridized carbons (Fsp3) is 0.346. The molecule has 1 aliphatic rings. The number of methoxy groups -OCH3 is 1. The molecule has 1 aromatic heterocycles. The van der Waals surface area contributed by atoms with Crippen molar-refractivity contribution in [2.45, 2.75) is 32.6 Å². The van der Waals surface area contributed by atoms with E-state index in [9.17, 15) is 14.4 Å². The molecule has 9 heteroatoms. The summed E-state index contributed by atoms with van der Waals surface area (Å²) in [4.78, 5) is 43.3. The number of benzene rings is 1. The highest BCUT2D eigenvalue weighted by atomic mass is 16.5. The third-order valence-corrected chi connectivity index (χ3v) is 5.86. The first-order valence-corrected chi connectivity index (χ1v) is 11.5. The van der Waals surface area contributed by atoms with E-state index in [1.54, 1.807) is 35.2 Å². The summed E-state index contributed by atoms with van der Waals surface area (Å²) < 4.78 is 4.97. The minimum absolute atomic E-state index is 0.128. The number of carbonyl (C=O) groups excluding carboxylic acids is 3. The Morgan fingerprint density at radius 1 is 1.26 bits per heavy atom. The van der Waals surface area contributed by atoms with Gasteiger partial charge in [-0.1, -0.05) is 6.07 Å². The van der Waals surface area contributed by atoms with Crippen LogP contribution in [0.15, 0.2) is 48.3 Å². The number of rotatable bonds is 11. The van der Waals surface area contributed by atoms with Crippen molar-refractivity contribution in [3.05, 3.63) is 59.4 Å². The lowest BCUT2D eigenvalue weighted by molar-refractivity contribution is -0.116. The Kier molecular flexibility index (Phi) is 8.72. The lowest BCUT2D eigenvalue weighted by Gasteiger charge is -2.23. The number of nitrogens with one attached hydrogen (secondary N) is 2. The smallest absolute Gasteiger partial charge is 0.340 e. The Morgan fingerprint density at radius 3 is 2.60 bits per heavy atom. The zero-order valence-electron chi connectivity index (χ0n) is 20.0. The van der Waals surface area contributed by atoms with E-state index < -0.39 is 5.97 Å². The van der Waals surface area contributed by atoms with Crippen LogP contribution >= 0.6 is 0 Å². The number of carbonyl (C=O) groups is 3. The highest BCUT2D eigenvalue weighted by Crippen LogP contribution is 2.34. The highest BCUT2D eigenvalue weighted by molar-refractivity contribution is 6.03. The van der Waals surface area contributed by atoms with Gasteiger partial charge in [-0.15, -0.1) is 0 Å². The maximum atomic E-state index is 12.5. The molecule has 1 fully saturated rings. The molecule has 35 heavy (non-hydrogen) atoms. The molecule has 1 heterocycles. The summed E-state index contributed by atoms with van der Waals surface area (Å²) in [6.07, 6.45) is 7.50. The molecule has 0 spiro atoms. The quantitative estimate of drug-likeness (QED) is 0.258. The predicted octanol–water partition coefficient (Wildman–Crippen LogP) is 3.30. The Morgan fingerprint density at radius 2 is 2.03 bits per heavy atom. The number of pyridine rings is 1. The van der Waals surface area contributed by atoms with Gasteiger partial charge in [0.25, 0.3) is 5.91 Å². The van der Waals surface area contributed by atoms with Crippen LogP contribution in [0.25, 0.3) is 11.3 Å². The normalized spacial score (nSPS) is 13.1. The molecule has 9 nitrogen and oxygen atoms in total. The number of nitrogens with zero attached hydrogens (tertiary/aromatic N) is 2. The largest absolute Gasteiger partial charge is 0.465 e. The molecule has 184 valence electrons. The lowest BCUT2D eigenvalue weighted by Crippen LogP contribution is -2.32. The third kappa shape index (κ3) is 6.75. The minimum Gasteiger partial charge on any atom is -0.465 e. The zero-order valence-corrected chi connectivity index (χ0v) is 20.0. The van der Waals surface area contributed by atoms with E-state index in [-0.39, 0.29) is 11.8 Å². The van der Waals surface area contributed by atoms with Crippen molar-refractivity contribution in [1.29, 1.82) is 5.41 Å². The fourth-order valence-corrected chi connectivity index (χ4v) is 3.66. The molecule has 0 aliphatic heterocycles. The number of ether oxygens (including phenoxy) is 1. The molecule has 2 amide bonds. The molecule has 0 saturated heterocycles. The van der Waals surface area contributed by atoms with Crippen molar-refractivity contribution in [2.75, 3.05) is 25.1 Å². The first-order chi connectivity index (χ1) is 16.9. The number of esters is 1. The molecule has 0 bridgehead atoms. The monoisotopic (exact) mass is 477 g/mol. The molecule has 1 aromatic carbocycles.